The van der Waals surface area contributed by atoms with Crippen molar-refractivity contribution in [2.24, 2.45) is 0 Å². The number of nitrogens with zero attached hydrogens (tertiary/aromatic N) is 2. The molecule has 0 aromatic heterocycles. The molecule has 0 aliphatic carbocycles. The summed E-state index contributed by atoms with van der Waals surface area (Å²) in [6.07, 6.45) is 1.30. The van der Waals surface area contributed by atoms with Crippen LogP contribution in [0.25, 0.3) is 0 Å². The minimum atomic E-state index is 0.0000494. The number of hydrogen-bond acceptors (Lipinski definition) is 5. The molecule has 0 bridgehead atoms. The van der Waals surface area contributed by atoms with Gasteiger partial charge >= 0.3 is 0 Å². The highest BCUT2D eigenvalue weighted by atomic mass is 32.2. The topological polar surface area (TPSA) is 35.6 Å². The number of amides is 1. The largest absolute Gasteiger partial charge is 0.304 e. The molecule has 2 fully saturated rings. The van der Waals surface area contributed by atoms with Crippen LogP contribution in [0, 0.1) is 0 Å². The Labute approximate surface area is 141 Å². The zero-order valence-corrected chi connectivity index (χ0v) is 14.6. The Kier molecular flexibility index (Phi) is 5.68. The second-order valence-electron chi connectivity index (χ2n) is 5.78. The van der Waals surface area contributed by atoms with Crippen LogP contribution in [0.5, 0.6) is 0 Å². The first-order valence-electron chi connectivity index (χ1n) is 7.80. The van der Waals surface area contributed by atoms with Gasteiger partial charge in [0.15, 0.2) is 0 Å². The van der Waals surface area contributed by atoms with E-state index in [-0.39, 0.29) is 5.91 Å². The number of likely N-dealkylation sites (N-methyl/N-ethyl adjacent to an activating group) is 1. The SMILES string of the molecule is CN1CCN(NC(=O)c2ccc(C3SCCCS3)cc2)CC1. The molecule has 1 amide bonds. The average Bonchev–Trinajstić information content (AvgIpc) is 2.58. The van der Waals surface area contributed by atoms with E-state index in [1.807, 2.05) is 40.7 Å². The van der Waals surface area contributed by atoms with Gasteiger partial charge in [-0.25, -0.2) is 5.01 Å². The van der Waals surface area contributed by atoms with E-state index in [2.05, 4.69) is 29.5 Å². The number of carbonyl (C=O) groups excluding carboxylic acids is 1. The fourth-order valence-corrected chi connectivity index (χ4v) is 5.49. The molecule has 120 valence electrons. The minimum Gasteiger partial charge on any atom is -0.304 e. The molecule has 1 N–H and O–H groups in total. The third kappa shape index (κ3) is 4.19. The van der Waals surface area contributed by atoms with E-state index in [1.165, 1.54) is 23.5 Å². The summed E-state index contributed by atoms with van der Waals surface area (Å²) >= 11 is 4.02. The Morgan fingerprint density at radius 2 is 1.73 bits per heavy atom. The summed E-state index contributed by atoms with van der Waals surface area (Å²) in [5.41, 5.74) is 5.08. The summed E-state index contributed by atoms with van der Waals surface area (Å²) in [7, 11) is 2.11. The van der Waals surface area contributed by atoms with Gasteiger partial charge in [0.25, 0.3) is 5.91 Å². The first kappa shape index (κ1) is 16.2. The van der Waals surface area contributed by atoms with Crippen molar-refractivity contribution >= 4 is 29.4 Å². The molecule has 0 atom stereocenters. The maximum atomic E-state index is 12.3. The van der Waals surface area contributed by atoms with Gasteiger partial charge in [-0.15, -0.1) is 23.5 Å². The molecular weight excluding hydrogens is 314 g/mol. The number of piperazine rings is 1. The second-order valence-corrected chi connectivity index (χ2v) is 8.50. The predicted octanol–water partition coefficient (Wildman–Crippen LogP) is 2.45. The lowest BCUT2D eigenvalue weighted by molar-refractivity contribution is 0.0662. The van der Waals surface area contributed by atoms with Gasteiger partial charge in [0.05, 0.1) is 4.58 Å². The normalized spacial score (nSPS) is 21.7. The summed E-state index contributed by atoms with van der Waals surface area (Å²) in [6, 6.07) is 8.12. The lowest BCUT2D eigenvalue weighted by Gasteiger charge is -2.32. The zero-order valence-electron chi connectivity index (χ0n) is 13.0. The van der Waals surface area contributed by atoms with Crippen molar-refractivity contribution in [3.63, 3.8) is 0 Å². The van der Waals surface area contributed by atoms with Gasteiger partial charge in [0.2, 0.25) is 0 Å². The standard InChI is InChI=1S/C16H23N3OS2/c1-18-7-9-19(10-8-18)17-15(20)13-3-5-14(6-4-13)16-21-11-2-12-22-16/h3-6,16H,2,7-12H2,1H3,(H,17,20). The molecule has 2 aliphatic heterocycles. The Morgan fingerprint density at radius 3 is 2.36 bits per heavy atom. The van der Waals surface area contributed by atoms with Gasteiger partial charge in [-0.05, 0) is 42.7 Å². The summed E-state index contributed by atoms with van der Waals surface area (Å²) in [5, 5.41) is 2.02. The van der Waals surface area contributed by atoms with Crippen molar-refractivity contribution in [1.29, 1.82) is 0 Å². The predicted molar refractivity (Wildman–Crippen MR) is 95.3 cm³/mol. The van der Waals surface area contributed by atoms with Crippen molar-refractivity contribution in [2.75, 3.05) is 44.7 Å². The van der Waals surface area contributed by atoms with Gasteiger partial charge in [-0.2, -0.15) is 0 Å². The van der Waals surface area contributed by atoms with E-state index >= 15 is 0 Å². The van der Waals surface area contributed by atoms with Crippen LogP contribution in [0.15, 0.2) is 24.3 Å². The average molecular weight is 338 g/mol. The fourth-order valence-electron chi connectivity index (χ4n) is 2.60. The van der Waals surface area contributed by atoms with Gasteiger partial charge in [-0.1, -0.05) is 12.1 Å². The molecule has 0 saturated carbocycles. The minimum absolute atomic E-state index is 0.0000494. The molecule has 3 rings (SSSR count). The molecule has 1 aromatic carbocycles. The molecular formula is C16H23N3OS2. The van der Waals surface area contributed by atoms with E-state index < -0.39 is 0 Å². The lowest BCUT2D eigenvalue weighted by Crippen LogP contribution is -2.52. The molecule has 2 saturated heterocycles. The summed E-state index contributed by atoms with van der Waals surface area (Å²) < 4.78 is 0.531. The molecule has 2 heterocycles. The third-order valence-corrected chi connectivity index (χ3v) is 7.05. The zero-order chi connectivity index (χ0) is 15.4. The monoisotopic (exact) mass is 337 g/mol. The number of rotatable bonds is 3. The number of carbonyl (C=O) groups is 1. The van der Waals surface area contributed by atoms with E-state index in [4.69, 9.17) is 0 Å². The number of benzene rings is 1. The van der Waals surface area contributed by atoms with Crippen molar-refractivity contribution in [2.45, 2.75) is 11.0 Å². The fraction of sp³-hybridized carbons (Fsp3) is 0.562. The number of nitrogens with one attached hydrogen (secondary N) is 1. The summed E-state index contributed by atoms with van der Waals surface area (Å²) in [4.78, 5) is 14.6. The van der Waals surface area contributed by atoms with Crippen LogP contribution in [0.1, 0.15) is 26.9 Å². The van der Waals surface area contributed by atoms with Gasteiger partial charge in [0.1, 0.15) is 0 Å². The van der Waals surface area contributed by atoms with E-state index in [0.29, 0.717) is 4.58 Å². The van der Waals surface area contributed by atoms with Crippen molar-refractivity contribution in [3.8, 4) is 0 Å². The Hall–Kier alpha value is -0.690. The van der Waals surface area contributed by atoms with Gasteiger partial charge < -0.3 is 4.90 Å². The molecule has 6 heteroatoms. The maximum Gasteiger partial charge on any atom is 0.265 e. The van der Waals surface area contributed by atoms with Gasteiger partial charge in [0, 0.05) is 31.7 Å². The number of thioether (sulfide) groups is 2. The molecule has 4 nitrogen and oxygen atoms in total. The molecule has 1 aromatic rings. The Bertz CT molecular complexity index is 495. The van der Waals surface area contributed by atoms with E-state index in [0.717, 1.165) is 31.7 Å². The van der Waals surface area contributed by atoms with E-state index in [1.54, 1.807) is 0 Å². The van der Waals surface area contributed by atoms with Crippen LogP contribution in [0.2, 0.25) is 0 Å². The maximum absolute atomic E-state index is 12.3. The van der Waals surface area contributed by atoms with Crippen LogP contribution in [-0.4, -0.2) is 60.5 Å². The highest BCUT2D eigenvalue weighted by molar-refractivity contribution is 8.16. The molecule has 0 radical (unpaired) electrons. The lowest BCUT2D eigenvalue weighted by atomic mass is 10.1. The van der Waals surface area contributed by atoms with Crippen LogP contribution in [0.4, 0.5) is 0 Å². The summed E-state index contributed by atoms with van der Waals surface area (Å²) in [6.45, 7) is 3.76. The Morgan fingerprint density at radius 1 is 1.09 bits per heavy atom. The number of hydrazine groups is 1. The molecule has 2 aliphatic rings. The van der Waals surface area contributed by atoms with Gasteiger partial charge in [-0.3, -0.25) is 10.2 Å². The smallest absolute Gasteiger partial charge is 0.265 e. The summed E-state index contributed by atoms with van der Waals surface area (Å²) in [5.74, 6) is 2.48. The van der Waals surface area contributed by atoms with E-state index in [9.17, 15) is 4.79 Å². The second kappa shape index (κ2) is 7.73. The van der Waals surface area contributed by atoms with Crippen molar-refractivity contribution in [3.05, 3.63) is 35.4 Å². The molecule has 0 unspecified atom stereocenters. The highest BCUT2D eigenvalue weighted by Crippen LogP contribution is 2.43. The van der Waals surface area contributed by atoms with Crippen molar-refractivity contribution < 1.29 is 4.79 Å². The third-order valence-electron chi connectivity index (χ3n) is 4.04. The first-order chi connectivity index (χ1) is 10.7. The van der Waals surface area contributed by atoms with Crippen LogP contribution >= 0.6 is 23.5 Å². The highest BCUT2D eigenvalue weighted by Gasteiger charge is 2.18. The number of hydrogen-bond donors (Lipinski definition) is 1. The van der Waals surface area contributed by atoms with Crippen molar-refractivity contribution in [1.82, 2.24) is 15.3 Å². The van der Waals surface area contributed by atoms with Crippen LogP contribution < -0.4 is 5.43 Å². The molecule has 0 spiro atoms. The molecule has 22 heavy (non-hydrogen) atoms. The Balaban J connectivity index is 1.56. The van der Waals surface area contributed by atoms with Crippen LogP contribution in [-0.2, 0) is 0 Å². The first-order valence-corrected chi connectivity index (χ1v) is 9.90. The quantitative estimate of drug-likeness (QED) is 0.917. The van der Waals surface area contributed by atoms with Crippen LogP contribution in [0.3, 0.4) is 0 Å².